The second-order valence-corrected chi connectivity index (χ2v) is 8.00. The van der Waals surface area contributed by atoms with Crippen LogP contribution in [0.1, 0.15) is 24.8 Å². The molecule has 2 atom stereocenters. The van der Waals surface area contributed by atoms with Gasteiger partial charge in [0.1, 0.15) is 5.15 Å². The number of aliphatic carboxylic acids is 1. The summed E-state index contributed by atoms with van der Waals surface area (Å²) in [7, 11) is 2.17. The molecule has 2 saturated heterocycles. The average molecular weight is 381 g/mol. The summed E-state index contributed by atoms with van der Waals surface area (Å²) in [4.78, 5) is 22.7. The average Bonchev–Trinajstić information content (AvgIpc) is 2.63. The van der Waals surface area contributed by atoms with E-state index in [0.29, 0.717) is 17.1 Å². The third kappa shape index (κ3) is 5.39. The fraction of sp³-hybridized carbons (Fsp3) is 0.684. The topological polar surface area (TPSA) is 59.9 Å². The molecule has 3 heterocycles. The molecule has 7 heteroatoms. The Labute approximate surface area is 160 Å². The molecule has 0 amide bonds. The second kappa shape index (κ2) is 9.13. The molecule has 1 aromatic heterocycles. The lowest BCUT2D eigenvalue weighted by atomic mass is 9.86. The lowest BCUT2D eigenvalue weighted by Crippen LogP contribution is -2.56. The summed E-state index contributed by atoms with van der Waals surface area (Å²) in [6.07, 6.45) is 3.95. The van der Waals surface area contributed by atoms with E-state index in [1.54, 1.807) is 0 Å². The molecule has 144 valence electrons. The Bertz CT molecular complexity index is 590. The maximum atomic E-state index is 11.1. The van der Waals surface area contributed by atoms with Crippen LogP contribution in [0.2, 0.25) is 5.15 Å². The number of pyridine rings is 1. The van der Waals surface area contributed by atoms with E-state index in [4.69, 9.17) is 16.7 Å². The minimum absolute atomic E-state index is 0.255. The van der Waals surface area contributed by atoms with Crippen molar-refractivity contribution in [3.8, 4) is 0 Å². The van der Waals surface area contributed by atoms with Crippen molar-refractivity contribution in [2.75, 3.05) is 46.3 Å². The van der Waals surface area contributed by atoms with Gasteiger partial charge >= 0.3 is 5.97 Å². The van der Waals surface area contributed by atoms with Gasteiger partial charge in [-0.1, -0.05) is 17.7 Å². The Hall–Kier alpha value is -1.21. The SMILES string of the molecule is CN1CCN(C2CCN(Cc3ccc(Cl)nc3)CC2CCC(=O)O)CC1. The zero-order chi connectivity index (χ0) is 18.5. The summed E-state index contributed by atoms with van der Waals surface area (Å²) in [5, 5.41) is 9.66. The molecule has 2 unspecified atom stereocenters. The number of hydrogen-bond donors (Lipinski definition) is 1. The lowest BCUT2D eigenvalue weighted by molar-refractivity contribution is -0.137. The van der Waals surface area contributed by atoms with Crippen LogP contribution >= 0.6 is 11.6 Å². The number of carbonyl (C=O) groups is 1. The number of carboxylic acids is 1. The van der Waals surface area contributed by atoms with Gasteiger partial charge in [-0.2, -0.15) is 0 Å². The number of likely N-dealkylation sites (N-methyl/N-ethyl adjacent to an activating group) is 1. The number of likely N-dealkylation sites (tertiary alicyclic amines) is 1. The summed E-state index contributed by atoms with van der Waals surface area (Å²) >= 11 is 5.87. The molecule has 6 nitrogen and oxygen atoms in total. The first-order valence-corrected chi connectivity index (χ1v) is 9.86. The van der Waals surface area contributed by atoms with E-state index in [2.05, 4.69) is 26.7 Å². The summed E-state index contributed by atoms with van der Waals surface area (Å²) in [6, 6.07) is 4.35. The molecule has 0 spiro atoms. The Kier molecular flexibility index (Phi) is 6.86. The van der Waals surface area contributed by atoms with Gasteiger partial charge < -0.3 is 10.0 Å². The fourth-order valence-corrected chi connectivity index (χ4v) is 4.34. The first-order valence-electron chi connectivity index (χ1n) is 9.48. The maximum Gasteiger partial charge on any atom is 0.303 e. The molecule has 2 aliphatic rings. The molecule has 0 saturated carbocycles. The van der Waals surface area contributed by atoms with Crippen LogP contribution in [0.5, 0.6) is 0 Å². The highest BCUT2D eigenvalue weighted by atomic mass is 35.5. The number of piperidine rings is 1. The molecule has 2 fully saturated rings. The van der Waals surface area contributed by atoms with Gasteiger partial charge in [0, 0.05) is 57.9 Å². The van der Waals surface area contributed by atoms with Gasteiger partial charge in [0.05, 0.1) is 0 Å². The predicted octanol–water partition coefficient (Wildman–Crippen LogP) is 2.04. The van der Waals surface area contributed by atoms with Crippen LogP contribution in [-0.2, 0) is 11.3 Å². The van der Waals surface area contributed by atoms with Gasteiger partial charge in [0.25, 0.3) is 0 Å². The van der Waals surface area contributed by atoms with Crippen molar-refractivity contribution in [3.05, 3.63) is 29.0 Å². The standard InChI is InChI=1S/C19H29ClN4O2/c1-22-8-10-24(11-9-22)17-6-7-23(14-16(17)3-5-19(25)26)13-15-2-4-18(20)21-12-15/h2,4,12,16-17H,3,5-11,13-14H2,1H3,(H,25,26). The van der Waals surface area contributed by atoms with Crippen LogP contribution in [0, 0.1) is 5.92 Å². The third-order valence-electron chi connectivity index (χ3n) is 5.71. The van der Waals surface area contributed by atoms with Crippen molar-refractivity contribution in [2.24, 2.45) is 5.92 Å². The number of halogens is 1. The van der Waals surface area contributed by atoms with Crippen molar-refractivity contribution in [1.29, 1.82) is 0 Å². The number of aromatic nitrogens is 1. The van der Waals surface area contributed by atoms with Gasteiger partial charge in [0.2, 0.25) is 0 Å². The lowest BCUT2D eigenvalue weighted by Gasteiger charge is -2.46. The summed E-state index contributed by atoms with van der Waals surface area (Å²) in [6.45, 7) is 7.22. The summed E-state index contributed by atoms with van der Waals surface area (Å²) < 4.78 is 0. The first kappa shape index (κ1) is 19.5. The zero-order valence-corrected chi connectivity index (χ0v) is 16.2. The van der Waals surface area contributed by atoms with Crippen LogP contribution in [0.4, 0.5) is 0 Å². The molecule has 0 aliphatic carbocycles. The van der Waals surface area contributed by atoms with Crippen molar-refractivity contribution < 1.29 is 9.90 Å². The van der Waals surface area contributed by atoms with E-state index in [9.17, 15) is 4.79 Å². The van der Waals surface area contributed by atoms with Crippen LogP contribution in [0.25, 0.3) is 0 Å². The zero-order valence-electron chi connectivity index (χ0n) is 15.5. The van der Waals surface area contributed by atoms with Crippen LogP contribution in [-0.4, -0.2) is 83.1 Å². The number of hydrogen-bond acceptors (Lipinski definition) is 5. The van der Waals surface area contributed by atoms with E-state index < -0.39 is 5.97 Å². The van der Waals surface area contributed by atoms with Crippen LogP contribution < -0.4 is 0 Å². The molecule has 0 bridgehead atoms. The number of carboxylic acid groups (broad SMARTS) is 1. The molecule has 1 aromatic rings. The predicted molar refractivity (Wildman–Crippen MR) is 102 cm³/mol. The highest BCUT2D eigenvalue weighted by Crippen LogP contribution is 2.28. The van der Waals surface area contributed by atoms with Crippen LogP contribution in [0.15, 0.2) is 18.3 Å². The first-order chi connectivity index (χ1) is 12.5. The normalized spacial score (nSPS) is 26.1. The number of rotatable bonds is 6. The van der Waals surface area contributed by atoms with Crippen molar-refractivity contribution >= 4 is 17.6 Å². The van der Waals surface area contributed by atoms with E-state index in [1.165, 1.54) is 0 Å². The Morgan fingerprint density at radius 3 is 2.69 bits per heavy atom. The molecule has 0 radical (unpaired) electrons. The quantitative estimate of drug-likeness (QED) is 0.762. The second-order valence-electron chi connectivity index (χ2n) is 7.61. The number of nitrogens with zero attached hydrogens (tertiary/aromatic N) is 4. The van der Waals surface area contributed by atoms with E-state index in [1.807, 2.05) is 18.3 Å². The minimum atomic E-state index is -0.693. The summed E-state index contributed by atoms with van der Waals surface area (Å²) in [5.74, 6) is -0.287. The maximum absolute atomic E-state index is 11.1. The van der Waals surface area contributed by atoms with Gasteiger partial charge in [-0.15, -0.1) is 0 Å². The molecular weight excluding hydrogens is 352 g/mol. The number of piperazine rings is 1. The molecule has 0 aromatic carbocycles. The van der Waals surface area contributed by atoms with Gasteiger partial charge in [-0.05, 0) is 44.0 Å². The molecular formula is C19H29ClN4O2. The fourth-order valence-electron chi connectivity index (χ4n) is 4.22. The largest absolute Gasteiger partial charge is 0.481 e. The van der Waals surface area contributed by atoms with E-state index >= 15 is 0 Å². The summed E-state index contributed by atoms with van der Waals surface area (Å²) in [5.41, 5.74) is 1.16. The smallest absolute Gasteiger partial charge is 0.303 e. The van der Waals surface area contributed by atoms with Crippen molar-refractivity contribution in [3.63, 3.8) is 0 Å². The van der Waals surface area contributed by atoms with Gasteiger partial charge in [0.15, 0.2) is 0 Å². The van der Waals surface area contributed by atoms with Crippen molar-refractivity contribution in [2.45, 2.75) is 31.8 Å². The van der Waals surface area contributed by atoms with Crippen LogP contribution in [0.3, 0.4) is 0 Å². The molecule has 1 N–H and O–H groups in total. The monoisotopic (exact) mass is 380 g/mol. The third-order valence-corrected chi connectivity index (χ3v) is 5.93. The van der Waals surface area contributed by atoms with Crippen molar-refractivity contribution in [1.82, 2.24) is 19.7 Å². The molecule has 2 aliphatic heterocycles. The van der Waals surface area contributed by atoms with Gasteiger partial charge in [-0.25, -0.2) is 4.98 Å². The highest BCUT2D eigenvalue weighted by Gasteiger charge is 2.34. The molecule has 26 heavy (non-hydrogen) atoms. The minimum Gasteiger partial charge on any atom is -0.481 e. The van der Waals surface area contributed by atoms with E-state index in [0.717, 1.165) is 64.2 Å². The van der Waals surface area contributed by atoms with E-state index in [-0.39, 0.29) is 6.42 Å². The Balaban J connectivity index is 1.62. The Morgan fingerprint density at radius 2 is 2.04 bits per heavy atom. The Morgan fingerprint density at radius 1 is 1.27 bits per heavy atom. The highest BCUT2D eigenvalue weighted by molar-refractivity contribution is 6.29. The van der Waals surface area contributed by atoms with Gasteiger partial charge in [-0.3, -0.25) is 14.6 Å². The molecule has 3 rings (SSSR count).